The summed E-state index contributed by atoms with van der Waals surface area (Å²) in [4.78, 5) is 14.0. The van der Waals surface area contributed by atoms with Crippen LogP contribution in [0.4, 0.5) is 4.79 Å². The smallest absolute Gasteiger partial charge is 0.410 e. The molecule has 0 bridgehead atoms. The van der Waals surface area contributed by atoms with Gasteiger partial charge in [0, 0.05) is 25.2 Å². The van der Waals surface area contributed by atoms with Gasteiger partial charge in [0.15, 0.2) is 0 Å². The number of hydrogen-bond acceptors (Lipinski definition) is 4. The van der Waals surface area contributed by atoms with Crippen LogP contribution in [0.1, 0.15) is 66.7 Å². The third kappa shape index (κ3) is 5.35. The quantitative estimate of drug-likeness (QED) is 0.807. The number of piperidine rings is 1. The lowest BCUT2D eigenvalue weighted by atomic mass is 9.60. The first-order chi connectivity index (χ1) is 11.1. The number of carbonyl (C=O) groups excluding carboxylic acids is 1. The van der Waals surface area contributed by atoms with Gasteiger partial charge in [-0.1, -0.05) is 13.8 Å². The van der Waals surface area contributed by atoms with Crippen molar-refractivity contribution >= 4 is 6.09 Å². The summed E-state index contributed by atoms with van der Waals surface area (Å²) in [6.45, 7) is 11.9. The molecule has 0 unspecified atom stereocenters. The van der Waals surface area contributed by atoms with Gasteiger partial charge in [0.2, 0.25) is 0 Å². The Labute approximate surface area is 147 Å². The summed E-state index contributed by atoms with van der Waals surface area (Å²) in [5.41, 5.74) is -0.0263. The van der Waals surface area contributed by atoms with Crippen LogP contribution in [0.2, 0.25) is 0 Å². The van der Waals surface area contributed by atoms with Crippen LogP contribution in [0, 0.1) is 11.3 Å². The van der Waals surface area contributed by atoms with Gasteiger partial charge < -0.3 is 20.1 Å². The summed E-state index contributed by atoms with van der Waals surface area (Å²) >= 11 is 0. The summed E-state index contributed by atoms with van der Waals surface area (Å²) in [6, 6.07) is 0.739. The molecule has 1 saturated carbocycles. The lowest BCUT2D eigenvalue weighted by molar-refractivity contribution is -0.0195. The first kappa shape index (κ1) is 19.5. The number of rotatable bonds is 5. The van der Waals surface area contributed by atoms with Crippen molar-refractivity contribution in [1.29, 1.82) is 0 Å². The maximum Gasteiger partial charge on any atom is 0.410 e. The second-order valence-electron chi connectivity index (χ2n) is 9.25. The van der Waals surface area contributed by atoms with Gasteiger partial charge in [0.25, 0.3) is 0 Å². The molecule has 0 aromatic rings. The number of nitrogens with zero attached hydrogens (tertiary/aromatic N) is 1. The summed E-state index contributed by atoms with van der Waals surface area (Å²) < 4.78 is 5.47. The SMILES string of the molecule is CC(C)C[C@@H](CO)NC1CC2(CCN(C(=O)OC(C)(C)C)CC2)C1. The van der Waals surface area contributed by atoms with Crippen LogP contribution in [0.25, 0.3) is 0 Å². The Morgan fingerprint density at radius 2 is 1.88 bits per heavy atom. The lowest BCUT2D eigenvalue weighted by Gasteiger charge is -2.53. The normalized spacial score (nSPS) is 22.5. The van der Waals surface area contributed by atoms with Gasteiger partial charge in [-0.15, -0.1) is 0 Å². The zero-order chi connectivity index (χ0) is 18.0. The Hall–Kier alpha value is -0.810. The molecule has 1 aliphatic heterocycles. The Morgan fingerprint density at radius 3 is 2.33 bits per heavy atom. The van der Waals surface area contributed by atoms with Crippen molar-refractivity contribution in [3.63, 3.8) is 0 Å². The molecule has 2 N–H and O–H groups in total. The van der Waals surface area contributed by atoms with Gasteiger partial charge in [-0.25, -0.2) is 4.79 Å². The van der Waals surface area contributed by atoms with E-state index in [4.69, 9.17) is 4.74 Å². The van der Waals surface area contributed by atoms with Crippen LogP contribution in [0.15, 0.2) is 0 Å². The van der Waals surface area contributed by atoms with E-state index in [2.05, 4.69) is 19.2 Å². The predicted octanol–water partition coefficient (Wildman–Crippen LogP) is 3.16. The highest BCUT2D eigenvalue weighted by Gasteiger charge is 2.47. The Balaban J connectivity index is 1.73. The fraction of sp³-hybridized carbons (Fsp3) is 0.947. The molecular weight excluding hydrogens is 304 g/mol. The number of nitrogens with one attached hydrogen (secondary N) is 1. The third-order valence-corrected chi connectivity index (χ3v) is 5.28. The Bertz CT molecular complexity index is 415. The first-order valence-electron chi connectivity index (χ1n) is 9.47. The molecule has 2 fully saturated rings. The number of ether oxygens (including phenoxy) is 1. The second kappa shape index (κ2) is 7.61. The average Bonchev–Trinajstić information content (AvgIpc) is 2.43. The van der Waals surface area contributed by atoms with Crippen molar-refractivity contribution in [3.05, 3.63) is 0 Å². The monoisotopic (exact) mass is 340 g/mol. The molecule has 5 heteroatoms. The van der Waals surface area contributed by atoms with Crippen LogP contribution >= 0.6 is 0 Å². The molecular formula is C19H36N2O3. The van der Waals surface area contributed by atoms with E-state index in [0.717, 1.165) is 32.4 Å². The molecule has 1 atom stereocenters. The number of aliphatic hydroxyl groups excluding tert-OH is 1. The van der Waals surface area contributed by atoms with Gasteiger partial charge >= 0.3 is 6.09 Å². The van der Waals surface area contributed by atoms with Gasteiger partial charge in [-0.05, 0) is 64.2 Å². The highest BCUT2D eigenvalue weighted by atomic mass is 16.6. The first-order valence-corrected chi connectivity index (χ1v) is 9.47. The minimum atomic E-state index is -0.423. The fourth-order valence-corrected chi connectivity index (χ4v) is 4.10. The van der Waals surface area contributed by atoms with Crippen LogP contribution in [0.3, 0.4) is 0 Å². The summed E-state index contributed by atoms with van der Waals surface area (Å²) in [7, 11) is 0. The van der Waals surface area contributed by atoms with E-state index in [1.54, 1.807) is 0 Å². The van der Waals surface area contributed by atoms with Gasteiger partial charge in [0.05, 0.1) is 6.61 Å². The van der Waals surface area contributed by atoms with Crippen LogP contribution in [0.5, 0.6) is 0 Å². The standard InChI is InChI=1S/C19H36N2O3/c1-14(2)10-15(13-22)20-16-11-19(12-16)6-8-21(9-7-19)17(23)24-18(3,4)5/h14-16,20,22H,6-13H2,1-5H3/t15-/m0/s1. The molecule has 1 aliphatic carbocycles. The van der Waals surface area contributed by atoms with Crippen LogP contribution < -0.4 is 5.32 Å². The summed E-state index contributed by atoms with van der Waals surface area (Å²) in [5, 5.41) is 13.1. The van der Waals surface area contributed by atoms with Crippen molar-refractivity contribution in [2.75, 3.05) is 19.7 Å². The highest BCUT2D eigenvalue weighted by Crippen LogP contribution is 2.49. The number of aliphatic hydroxyl groups is 1. The zero-order valence-corrected chi connectivity index (χ0v) is 16.1. The number of amides is 1. The van der Waals surface area contributed by atoms with E-state index in [0.29, 0.717) is 17.4 Å². The van der Waals surface area contributed by atoms with E-state index in [1.807, 2.05) is 25.7 Å². The second-order valence-corrected chi connectivity index (χ2v) is 9.25. The Kier molecular flexibility index (Phi) is 6.19. The van der Waals surface area contributed by atoms with Crippen molar-refractivity contribution in [3.8, 4) is 0 Å². The van der Waals surface area contributed by atoms with E-state index in [1.165, 1.54) is 12.8 Å². The van der Waals surface area contributed by atoms with E-state index in [9.17, 15) is 9.90 Å². The topological polar surface area (TPSA) is 61.8 Å². The van der Waals surface area contributed by atoms with Crippen LogP contribution in [-0.2, 0) is 4.74 Å². The third-order valence-electron chi connectivity index (χ3n) is 5.28. The fourth-order valence-electron chi connectivity index (χ4n) is 4.10. The maximum absolute atomic E-state index is 12.1. The van der Waals surface area contributed by atoms with Gasteiger partial charge in [0.1, 0.15) is 5.60 Å². The number of hydrogen-bond donors (Lipinski definition) is 2. The molecule has 0 aromatic heterocycles. The molecule has 0 radical (unpaired) electrons. The minimum absolute atomic E-state index is 0.177. The predicted molar refractivity (Wildman–Crippen MR) is 96.0 cm³/mol. The van der Waals surface area contributed by atoms with E-state index in [-0.39, 0.29) is 18.7 Å². The molecule has 2 rings (SSSR count). The molecule has 24 heavy (non-hydrogen) atoms. The highest BCUT2D eigenvalue weighted by molar-refractivity contribution is 5.68. The van der Waals surface area contributed by atoms with Crippen molar-refractivity contribution in [2.24, 2.45) is 11.3 Å². The maximum atomic E-state index is 12.1. The molecule has 1 spiro atoms. The number of carbonyl (C=O) groups is 1. The summed E-state index contributed by atoms with van der Waals surface area (Å²) in [6.07, 6.45) is 5.32. The summed E-state index contributed by atoms with van der Waals surface area (Å²) in [5.74, 6) is 0.598. The molecule has 0 aromatic carbocycles. The van der Waals surface area contributed by atoms with Crippen molar-refractivity contribution in [2.45, 2.75) is 84.4 Å². The Morgan fingerprint density at radius 1 is 1.29 bits per heavy atom. The molecule has 140 valence electrons. The average molecular weight is 341 g/mol. The number of likely N-dealkylation sites (tertiary alicyclic amines) is 1. The molecule has 1 saturated heterocycles. The largest absolute Gasteiger partial charge is 0.444 e. The molecule has 5 nitrogen and oxygen atoms in total. The zero-order valence-electron chi connectivity index (χ0n) is 16.1. The van der Waals surface area contributed by atoms with Gasteiger partial charge in [-0.2, -0.15) is 0 Å². The molecule has 1 heterocycles. The minimum Gasteiger partial charge on any atom is -0.444 e. The van der Waals surface area contributed by atoms with E-state index < -0.39 is 5.60 Å². The van der Waals surface area contributed by atoms with Crippen molar-refractivity contribution in [1.82, 2.24) is 10.2 Å². The molecule has 1 amide bonds. The molecule has 2 aliphatic rings. The lowest BCUT2D eigenvalue weighted by Crippen LogP contribution is -2.57. The van der Waals surface area contributed by atoms with Crippen LogP contribution in [-0.4, -0.2) is 53.5 Å². The van der Waals surface area contributed by atoms with Gasteiger partial charge in [-0.3, -0.25) is 0 Å². The van der Waals surface area contributed by atoms with Crippen molar-refractivity contribution < 1.29 is 14.6 Å². The van der Waals surface area contributed by atoms with E-state index >= 15 is 0 Å².